The van der Waals surface area contributed by atoms with Gasteiger partial charge in [0.15, 0.2) is 22.0 Å². The monoisotopic (exact) mass is 303 g/mol. The van der Waals surface area contributed by atoms with E-state index in [1.54, 1.807) is 6.92 Å². The summed E-state index contributed by atoms with van der Waals surface area (Å²) >= 11 is 1.02. The van der Waals surface area contributed by atoms with Crippen molar-refractivity contribution in [1.82, 2.24) is 14.5 Å². The van der Waals surface area contributed by atoms with Gasteiger partial charge < -0.3 is 15.6 Å². The molecule has 0 atom stereocenters. The molecule has 0 aromatic carbocycles. The molecule has 0 spiro atoms. The van der Waals surface area contributed by atoms with Gasteiger partial charge >= 0.3 is 0 Å². The molecule has 2 rings (SSSR count). The van der Waals surface area contributed by atoms with Crippen LogP contribution >= 0.6 is 11.5 Å². The number of hydrogen-bond acceptors (Lipinski definition) is 9. The van der Waals surface area contributed by atoms with Gasteiger partial charge in [-0.25, -0.2) is 8.42 Å². The summed E-state index contributed by atoms with van der Waals surface area (Å²) < 4.78 is 32.5. The Morgan fingerprint density at radius 3 is 2.95 bits per heavy atom. The van der Waals surface area contributed by atoms with Crippen LogP contribution in [0.5, 0.6) is 0 Å². The van der Waals surface area contributed by atoms with Crippen LogP contribution in [0.3, 0.4) is 0 Å². The first-order chi connectivity index (χ1) is 9.04. The molecule has 0 saturated heterocycles. The summed E-state index contributed by atoms with van der Waals surface area (Å²) in [5.74, 6) is 0.491. The Kier molecular flexibility index (Phi) is 4.00. The number of aromatic nitrogens is 3. The second kappa shape index (κ2) is 5.53. The van der Waals surface area contributed by atoms with Crippen LogP contribution in [0.25, 0.3) is 0 Å². The van der Waals surface area contributed by atoms with Crippen molar-refractivity contribution in [3.05, 3.63) is 12.2 Å². The van der Waals surface area contributed by atoms with Crippen molar-refractivity contribution < 1.29 is 12.9 Å². The van der Waals surface area contributed by atoms with E-state index in [9.17, 15) is 8.42 Å². The molecule has 0 amide bonds. The second-order valence-electron chi connectivity index (χ2n) is 3.64. The van der Waals surface area contributed by atoms with Gasteiger partial charge in [-0.2, -0.15) is 9.36 Å². The van der Waals surface area contributed by atoms with Crippen LogP contribution in [0.1, 0.15) is 12.8 Å². The first kappa shape index (κ1) is 13.7. The molecule has 2 aromatic rings. The highest BCUT2D eigenvalue weighted by atomic mass is 32.2. The quantitative estimate of drug-likeness (QED) is 0.793. The summed E-state index contributed by atoms with van der Waals surface area (Å²) in [5.41, 5.74) is 5.61. The standard InChI is InChI=1S/C9H13N5O3S2/c1-2-19(15,16)7-8(10)14-18-9(7)11-4-3-6-12-5-13-17-6/h5,11H,2-4H2,1H3,(H2,10,14). The van der Waals surface area contributed by atoms with Gasteiger partial charge in [0, 0.05) is 13.0 Å². The number of nitrogen functional groups attached to an aromatic ring is 1. The highest BCUT2D eigenvalue weighted by Crippen LogP contribution is 2.32. The zero-order valence-electron chi connectivity index (χ0n) is 10.2. The molecule has 0 fully saturated rings. The molecule has 0 bridgehead atoms. The van der Waals surface area contributed by atoms with Crippen LogP contribution in [0.4, 0.5) is 10.8 Å². The maximum atomic E-state index is 11.9. The fourth-order valence-corrected chi connectivity index (χ4v) is 3.63. The number of nitrogens with two attached hydrogens (primary N) is 1. The molecule has 8 nitrogen and oxygen atoms in total. The van der Waals surface area contributed by atoms with E-state index in [4.69, 9.17) is 10.3 Å². The third-order valence-corrected chi connectivity index (χ3v) is 5.14. The Bertz CT molecular complexity index is 635. The third-order valence-electron chi connectivity index (χ3n) is 2.40. The van der Waals surface area contributed by atoms with E-state index >= 15 is 0 Å². The lowest BCUT2D eigenvalue weighted by atomic mass is 10.4. The molecule has 2 heterocycles. The van der Waals surface area contributed by atoms with Gasteiger partial charge in [0.25, 0.3) is 0 Å². The summed E-state index contributed by atoms with van der Waals surface area (Å²) in [4.78, 5) is 3.94. The molecule has 104 valence electrons. The van der Waals surface area contributed by atoms with Crippen LogP contribution in [0.15, 0.2) is 15.7 Å². The zero-order chi connectivity index (χ0) is 13.9. The van der Waals surface area contributed by atoms with Gasteiger partial charge in [-0.15, -0.1) is 0 Å². The maximum absolute atomic E-state index is 11.9. The fraction of sp³-hybridized carbons (Fsp3) is 0.444. The number of nitrogens with one attached hydrogen (secondary N) is 1. The highest BCUT2D eigenvalue weighted by Gasteiger charge is 2.23. The molecule has 0 aliphatic heterocycles. The first-order valence-electron chi connectivity index (χ1n) is 5.52. The molecule has 0 radical (unpaired) electrons. The predicted octanol–water partition coefficient (Wildman–Crippen LogP) is 0.556. The Labute approximate surface area is 114 Å². The van der Waals surface area contributed by atoms with E-state index in [0.29, 0.717) is 23.9 Å². The van der Waals surface area contributed by atoms with E-state index in [1.165, 1.54) is 6.33 Å². The van der Waals surface area contributed by atoms with Crippen LogP contribution in [0.2, 0.25) is 0 Å². The largest absolute Gasteiger partial charge is 0.382 e. The predicted molar refractivity (Wildman–Crippen MR) is 70.7 cm³/mol. The topological polar surface area (TPSA) is 124 Å². The minimum Gasteiger partial charge on any atom is -0.382 e. The van der Waals surface area contributed by atoms with Gasteiger partial charge in [-0.1, -0.05) is 12.1 Å². The van der Waals surface area contributed by atoms with Gasteiger partial charge in [0.05, 0.1) is 5.75 Å². The molecule has 0 unspecified atom stereocenters. The molecular formula is C9H13N5O3S2. The third kappa shape index (κ3) is 3.01. The van der Waals surface area contributed by atoms with Crippen LogP contribution < -0.4 is 11.1 Å². The number of rotatable bonds is 6. The number of sulfone groups is 1. The van der Waals surface area contributed by atoms with Crippen molar-refractivity contribution in [2.75, 3.05) is 23.3 Å². The maximum Gasteiger partial charge on any atom is 0.228 e. The highest BCUT2D eigenvalue weighted by molar-refractivity contribution is 7.91. The lowest BCUT2D eigenvalue weighted by Gasteiger charge is -2.05. The molecule has 0 aliphatic rings. The van der Waals surface area contributed by atoms with Crippen molar-refractivity contribution in [3.8, 4) is 0 Å². The van der Waals surface area contributed by atoms with E-state index in [2.05, 4.69) is 19.8 Å². The first-order valence-corrected chi connectivity index (χ1v) is 7.94. The van der Waals surface area contributed by atoms with E-state index < -0.39 is 9.84 Å². The average Bonchev–Trinajstić information content (AvgIpc) is 3.00. The lowest BCUT2D eigenvalue weighted by Crippen LogP contribution is -2.11. The average molecular weight is 303 g/mol. The fourth-order valence-electron chi connectivity index (χ4n) is 1.44. The summed E-state index contributed by atoms with van der Waals surface area (Å²) in [6, 6.07) is 0. The lowest BCUT2D eigenvalue weighted by molar-refractivity contribution is 0.380. The minimum atomic E-state index is -3.39. The van der Waals surface area contributed by atoms with Crippen LogP contribution in [-0.2, 0) is 16.3 Å². The van der Waals surface area contributed by atoms with Crippen molar-refractivity contribution in [3.63, 3.8) is 0 Å². The summed E-state index contributed by atoms with van der Waals surface area (Å²) in [6.45, 7) is 2.02. The SMILES string of the molecule is CCS(=O)(=O)c1c(N)nsc1NCCc1ncno1. The smallest absolute Gasteiger partial charge is 0.228 e. The molecule has 0 aliphatic carbocycles. The van der Waals surface area contributed by atoms with Crippen LogP contribution in [-0.4, -0.2) is 35.2 Å². The Balaban J connectivity index is 2.09. The van der Waals surface area contributed by atoms with E-state index in [-0.39, 0.29) is 16.5 Å². The van der Waals surface area contributed by atoms with Gasteiger partial charge in [-0.05, 0) is 11.5 Å². The van der Waals surface area contributed by atoms with Crippen molar-refractivity contribution in [2.24, 2.45) is 0 Å². The Morgan fingerprint density at radius 2 is 2.32 bits per heavy atom. The number of nitrogens with zero attached hydrogens (tertiary/aromatic N) is 3. The molecular weight excluding hydrogens is 290 g/mol. The molecule has 3 N–H and O–H groups in total. The molecule has 2 aromatic heterocycles. The summed E-state index contributed by atoms with van der Waals surface area (Å²) in [5, 5.41) is 6.91. The van der Waals surface area contributed by atoms with Gasteiger partial charge in [0.2, 0.25) is 5.89 Å². The van der Waals surface area contributed by atoms with Crippen molar-refractivity contribution in [2.45, 2.75) is 18.2 Å². The Hall–Kier alpha value is -1.68. The molecule has 19 heavy (non-hydrogen) atoms. The summed E-state index contributed by atoms with van der Waals surface area (Å²) in [7, 11) is -3.39. The van der Waals surface area contributed by atoms with E-state index in [1.807, 2.05) is 0 Å². The Morgan fingerprint density at radius 1 is 1.53 bits per heavy atom. The molecule has 0 saturated carbocycles. The van der Waals surface area contributed by atoms with Crippen LogP contribution in [0, 0.1) is 0 Å². The zero-order valence-corrected chi connectivity index (χ0v) is 11.8. The van der Waals surface area contributed by atoms with Gasteiger partial charge in [0.1, 0.15) is 9.90 Å². The van der Waals surface area contributed by atoms with E-state index in [0.717, 1.165) is 11.5 Å². The van der Waals surface area contributed by atoms with Gasteiger partial charge in [-0.3, -0.25) is 0 Å². The second-order valence-corrected chi connectivity index (χ2v) is 6.63. The number of hydrogen-bond donors (Lipinski definition) is 2. The van der Waals surface area contributed by atoms with Crippen molar-refractivity contribution >= 4 is 32.2 Å². The summed E-state index contributed by atoms with van der Waals surface area (Å²) in [6.07, 6.45) is 1.80. The normalized spacial score (nSPS) is 11.6. The minimum absolute atomic E-state index is 0.0199. The molecule has 10 heteroatoms. The van der Waals surface area contributed by atoms with Crippen molar-refractivity contribution in [1.29, 1.82) is 0 Å². The number of anilines is 2.